The Balaban J connectivity index is 2.76. The predicted molar refractivity (Wildman–Crippen MR) is 84.4 cm³/mol. The molecular weight excluding hydrogens is 290 g/mol. The van der Waals surface area contributed by atoms with Crippen LogP contribution in [0.4, 0.5) is 0 Å². The molecule has 120 valence electrons. The average Bonchev–Trinajstić information content (AvgIpc) is 2.76. The van der Waals surface area contributed by atoms with Crippen molar-refractivity contribution < 1.29 is 4.79 Å². The van der Waals surface area contributed by atoms with Gasteiger partial charge in [0, 0.05) is 11.8 Å². The minimum Gasteiger partial charge on any atom is -0.368 e. The molecule has 1 rings (SSSR count). The zero-order valence-corrected chi connectivity index (χ0v) is 13.9. The van der Waals surface area contributed by atoms with Gasteiger partial charge < -0.3 is 11.1 Å². The number of amides is 1. The quantitative estimate of drug-likeness (QED) is 0.582. The summed E-state index contributed by atoms with van der Waals surface area (Å²) in [4.78, 5) is 23.2. The Morgan fingerprint density at radius 1 is 1.57 bits per heavy atom. The summed E-state index contributed by atoms with van der Waals surface area (Å²) in [5.41, 5.74) is 4.56. The fourth-order valence-electron chi connectivity index (χ4n) is 2.13. The Labute approximate surface area is 129 Å². The molecule has 1 amide bonds. The molecule has 0 saturated carbocycles. The van der Waals surface area contributed by atoms with Crippen LogP contribution < -0.4 is 16.7 Å². The minimum absolute atomic E-state index is 0.0901. The number of nitrogens with zero attached hydrogens (tertiary/aromatic N) is 2. The molecule has 1 heterocycles. The molecule has 21 heavy (non-hydrogen) atoms. The predicted octanol–water partition coefficient (Wildman–Crippen LogP) is 0.706. The molecule has 0 bridgehead atoms. The van der Waals surface area contributed by atoms with E-state index in [-0.39, 0.29) is 16.8 Å². The van der Waals surface area contributed by atoms with Gasteiger partial charge in [-0.1, -0.05) is 25.6 Å². The second-order valence-electron chi connectivity index (χ2n) is 5.31. The molecule has 0 saturated heterocycles. The Morgan fingerprint density at radius 2 is 2.24 bits per heavy atom. The first kappa shape index (κ1) is 17.8. The van der Waals surface area contributed by atoms with Crippen LogP contribution in [0.3, 0.4) is 0 Å². The van der Waals surface area contributed by atoms with Crippen molar-refractivity contribution in [3.63, 3.8) is 0 Å². The number of H-pyrrole nitrogens is 1. The normalized spacial score (nSPS) is 15.6. The fraction of sp³-hybridized carbons (Fsp3) is 0.769. The molecule has 0 fully saturated rings. The highest BCUT2D eigenvalue weighted by Gasteiger charge is 2.32. The Hall–Kier alpha value is -1.28. The van der Waals surface area contributed by atoms with Gasteiger partial charge in [0.2, 0.25) is 5.91 Å². The summed E-state index contributed by atoms with van der Waals surface area (Å²) in [6.45, 7) is 9.04. The van der Waals surface area contributed by atoms with Crippen LogP contribution in [-0.4, -0.2) is 38.0 Å². The molecule has 1 aromatic rings. The zero-order valence-electron chi connectivity index (χ0n) is 13.1. The maximum atomic E-state index is 11.7. The highest BCUT2D eigenvalue weighted by atomic mass is 32.2. The number of hydrogen-bond acceptors (Lipinski definition) is 5. The number of primary amides is 1. The van der Waals surface area contributed by atoms with Crippen molar-refractivity contribution in [2.45, 2.75) is 63.0 Å². The molecule has 0 aliphatic rings. The lowest BCUT2D eigenvalue weighted by atomic mass is 9.95. The smallest absolute Gasteiger partial charge is 0.343 e. The minimum atomic E-state index is -0.754. The van der Waals surface area contributed by atoms with Crippen LogP contribution in [-0.2, 0) is 11.3 Å². The van der Waals surface area contributed by atoms with Gasteiger partial charge in [-0.15, -0.1) is 5.10 Å². The summed E-state index contributed by atoms with van der Waals surface area (Å²) in [5.74, 6) is -0.363. The molecule has 4 N–H and O–H groups in total. The summed E-state index contributed by atoms with van der Waals surface area (Å²) >= 11 is 1.47. The number of hydrogen-bond donors (Lipinski definition) is 3. The summed E-state index contributed by atoms with van der Waals surface area (Å²) in [6, 6.07) is 0. The van der Waals surface area contributed by atoms with Gasteiger partial charge in [-0.2, -0.15) is 0 Å². The third-order valence-electron chi connectivity index (χ3n) is 3.35. The van der Waals surface area contributed by atoms with Crippen molar-refractivity contribution >= 4 is 17.7 Å². The number of aromatic nitrogens is 3. The Morgan fingerprint density at radius 3 is 2.76 bits per heavy atom. The van der Waals surface area contributed by atoms with E-state index in [4.69, 9.17) is 5.73 Å². The van der Waals surface area contributed by atoms with Gasteiger partial charge in [0.05, 0.1) is 5.54 Å². The standard InChI is InChI=1S/C13H25N5O2S/c1-5-7-15-13(4,10(14)19)8-9(3)21-12-17-16-11(20)18(12)6-2/h9,15H,5-8H2,1-4H3,(H2,14,19)(H,16,20). The van der Waals surface area contributed by atoms with E-state index in [1.54, 1.807) is 4.57 Å². The second kappa shape index (κ2) is 7.65. The molecule has 0 aliphatic carbocycles. The molecule has 0 radical (unpaired) electrons. The topological polar surface area (TPSA) is 106 Å². The summed E-state index contributed by atoms with van der Waals surface area (Å²) in [5, 5.41) is 10.4. The van der Waals surface area contributed by atoms with E-state index in [0.29, 0.717) is 18.1 Å². The number of carbonyl (C=O) groups excluding carboxylic acids is 1. The van der Waals surface area contributed by atoms with Gasteiger partial charge >= 0.3 is 5.69 Å². The molecule has 0 spiro atoms. The van der Waals surface area contributed by atoms with Crippen LogP contribution >= 0.6 is 11.8 Å². The summed E-state index contributed by atoms with van der Waals surface area (Å²) in [6.07, 6.45) is 1.50. The summed E-state index contributed by atoms with van der Waals surface area (Å²) in [7, 11) is 0. The van der Waals surface area contributed by atoms with E-state index >= 15 is 0 Å². The number of rotatable bonds is 9. The monoisotopic (exact) mass is 315 g/mol. The Kier molecular flexibility index (Phi) is 6.47. The third kappa shape index (κ3) is 4.60. The molecule has 0 aliphatic heterocycles. The van der Waals surface area contributed by atoms with Gasteiger partial charge in [0.15, 0.2) is 5.16 Å². The van der Waals surface area contributed by atoms with Crippen molar-refractivity contribution in [1.29, 1.82) is 0 Å². The third-order valence-corrected chi connectivity index (χ3v) is 4.44. The number of nitrogens with two attached hydrogens (primary N) is 1. The average molecular weight is 315 g/mol. The first-order valence-electron chi connectivity index (χ1n) is 7.20. The van der Waals surface area contributed by atoms with Crippen LogP contribution in [0.1, 0.15) is 40.5 Å². The van der Waals surface area contributed by atoms with Crippen molar-refractivity contribution in [1.82, 2.24) is 20.1 Å². The maximum Gasteiger partial charge on any atom is 0.343 e. The number of nitrogens with one attached hydrogen (secondary N) is 2. The first-order chi connectivity index (χ1) is 9.84. The van der Waals surface area contributed by atoms with Crippen molar-refractivity contribution in [3.8, 4) is 0 Å². The van der Waals surface area contributed by atoms with Gasteiger partial charge in [-0.05, 0) is 33.2 Å². The Bertz CT molecular complexity index is 527. The van der Waals surface area contributed by atoms with Crippen molar-refractivity contribution in [2.24, 2.45) is 5.73 Å². The fourth-order valence-corrected chi connectivity index (χ4v) is 3.34. The molecular formula is C13H25N5O2S. The van der Waals surface area contributed by atoms with Crippen LogP contribution in [0, 0.1) is 0 Å². The van der Waals surface area contributed by atoms with Crippen LogP contribution in [0.25, 0.3) is 0 Å². The van der Waals surface area contributed by atoms with Crippen LogP contribution in [0.5, 0.6) is 0 Å². The highest BCUT2D eigenvalue weighted by Crippen LogP contribution is 2.26. The van der Waals surface area contributed by atoms with E-state index in [0.717, 1.165) is 13.0 Å². The van der Waals surface area contributed by atoms with E-state index in [9.17, 15) is 9.59 Å². The largest absolute Gasteiger partial charge is 0.368 e. The van der Waals surface area contributed by atoms with E-state index in [1.165, 1.54) is 11.8 Å². The van der Waals surface area contributed by atoms with Gasteiger partial charge in [0.25, 0.3) is 0 Å². The zero-order chi connectivity index (χ0) is 16.0. The van der Waals surface area contributed by atoms with Crippen molar-refractivity contribution in [3.05, 3.63) is 10.5 Å². The van der Waals surface area contributed by atoms with Crippen LogP contribution in [0.2, 0.25) is 0 Å². The van der Waals surface area contributed by atoms with Gasteiger partial charge in [-0.3, -0.25) is 9.36 Å². The molecule has 1 aromatic heterocycles. The van der Waals surface area contributed by atoms with E-state index < -0.39 is 5.54 Å². The van der Waals surface area contributed by atoms with Gasteiger partial charge in [0.1, 0.15) is 0 Å². The van der Waals surface area contributed by atoms with Gasteiger partial charge in [-0.25, -0.2) is 9.89 Å². The SMILES string of the molecule is CCCNC(C)(CC(C)Sc1n[nH]c(=O)n1CC)C(N)=O. The number of thioether (sulfide) groups is 1. The molecule has 7 nitrogen and oxygen atoms in total. The molecule has 2 atom stereocenters. The van der Waals surface area contributed by atoms with E-state index in [1.807, 2.05) is 27.7 Å². The lowest BCUT2D eigenvalue weighted by Crippen LogP contribution is -2.54. The molecule has 0 aromatic carbocycles. The second-order valence-corrected chi connectivity index (χ2v) is 6.72. The first-order valence-corrected chi connectivity index (χ1v) is 8.08. The highest BCUT2D eigenvalue weighted by molar-refractivity contribution is 7.99. The molecule has 2 unspecified atom stereocenters. The lowest BCUT2D eigenvalue weighted by Gasteiger charge is -2.30. The number of carbonyl (C=O) groups is 1. The lowest BCUT2D eigenvalue weighted by molar-refractivity contribution is -0.124. The number of aromatic amines is 1. The maximum absolute atomic E-state index is 11.7. The van der Waals surface area contributed by atoms with E-state index in [2.05, 4.69) is 15.5 Å². The summed E-state index contributed by atoms with van der Waals surface area (Å²) < 4.78 is 1.57. The van der Waals surface area contributed by atoms with Crippen LogP contribution in [0.15, 0.2) is 9.95 Å². The molecule has 8 heteroatoms. The van der Waals surface area contributed by atoms with Crippen molar-refractivity contribution in [2.75, 3.05) is 6.54 Å².